The molecule has 0 bridgehead atoms. The maximum Gasteiger partial charge on any atom is 0.141 e. The van der Waals surface area contributed by atoms with Crippen molar-refractivity contribution in [3.8, 4) is 0 Å². The quantitative estimate of drug-likeness (QED) is 0.630. The topological polar surface area (TPSA) is 78.9 Å². The highest BCUT2D eigenvalue weighted by Gasteiger charge is 2.08. The maximum absolute atomic E-state index is 7.44. The van der Waals surface area contributed by atoms with E-state index in [0.29, 0.717) is 12.2 Å². The molecule has 0 fully saturated rings. The molecule has 0 aliphatic carbocycles. The number of anilines is 1. The number of hydrogen-bond acceptors (Lipinski definition) is 4. The van der Waals surface area contributed by atoms with Gasteiger partial charge in [0, 0.05) is 12.7 Å². The summed E-state index contributed by atoms with van der Waals surface area (Å²) < 4.78 is 0. The molecule has 0 spiro atoms. The van der Waals surface area contributed by atoms with Gasteiger partial charge in [0.1, 0.15) is 17.3 Å². The van der Waals surface area contributed by atoms with Gasteiger partial charge < -0.3 is 10.6 Å². The van der Waals surface area contributed by atoms with Gasteiger partial charge in [0.05, 0.1) is 12.2 Å². The highest BCUT2D eigenvalue weighted by Crippen LogP contribution is 2.13. The minimum atomic E-state index is -0.0178. The van der Waals surface area contributed by atoms with Crippen LogP contribution in [0.5, 0.6) is 0 Å². The van der Waals surface area contributed by atoms with E-state index in [9.17, 15) is 0 Å². The Kier molecular flexibility index (Phi) is 4.07. The molecule has 0 unspecified atom stereocenters. The van der Waals surface area contributed by atoms with Gasteiger partial charge >= 0.3 is 0 Å². The molecule has 2 heterocycles. The Morgan fingerprint density at radius 1 is 1.26 bits per heavy atom. The fourth-order valence-corrected chi connectivity index (χ4v) is 1.79. The van der Waals surface area contributed by atoms with Crippen LogP contribution in [0.3, 0.4) is 0 Å². The highest BCUT2D eigenvalue weighted by molar-refractivity contribution is 5.93. The van der Waals surface area contributed by atoms with E-state index < -0.39 is 0 Å². The number of nitrogens with two attached hydrogens (primary N) is 1. The lowest BCUT2D eigenvalue weighted by molar-refractivity contribution is 0.793. The van der Waals surface area contributed by atoms with Gasteiger partial charge in [-0.15, -0.1) is 0 Å². The van der Waals surface area contributed by atoms with Crippen LogP contribution in [0.25, 0.3) is 0 Å². The molecule has 0 aliphatic rings. The maximum atomic E-state index is 7.44. The molecule has 3 N–H and O–H groups in total. The second-order valence-corrected chi connectivity index (χ2v) is 4.13. The first-order valence-corrected chi connectivity index (χ1v) is 6.17. The Balaban J connectivity index is 2.22. The van der Waals surface area contributed by atoms with Gasteiger partial charge in [-0.3, -0.25) is 10.4 Å². The predicted molar refractivity (Wildman–Crippen MR) is 76.2 cm³/mol. The first-order valence-electron chi connectivity index (χ1n) is 6.17. The highest BCUT2D eigenvalue weighted by atomic mass is 15.2. The molecular weight excluding hydrogens is 238 g/mol. The molecule has 0 radical (unpaired) electrons. The molecule has 19 heavy (non-hydrogen) atoms. The van der Waals surface area contributed by atoms with E-state index in [-0.39, 0.29) is 5.84 Å². The number of nitrogens with one attached hydrogen (secondary N) is 1. The van der Waals surface area contributed by atoms with Gasteiger partial charge in [-0.1, -0.05) is 12.1 Å². The zero-order valence-corrected chi connectivity index (χ0v) is 10.9. The van der Waals surface area contributed by atoms with Crippen LogP contribution in [-0.4, -0.2) is 22.3 Å². The standard InChI is InChI=1S/C14H17N5/c1-2-19(10-11-6-3-4-9-17-11)13-8-5-7-12(18-13)14(15)16/h3-9H,2,10H2,1H3,(H3,15,16). The van der Waals surface area contributed by atoms with Crippen molar-refractivity contribution in [3.63, 3.8) is 0 Å². The monoisotopic (exact) mass is 255 g/mol. The third kappa shape index (κ3) is 3.28. The van der Waals surface area contributed by atoms with Crippen molar-refractivity contribution in [2.24, 2.45) is 5.73 Å². The summed E-state index contributed by atoms with van der Waals surface area (Å²) in [5.74, 6) is 0.789. The van der Waals surface area contributed by atoms with Crippen LogP contribution in [0.2, 0.25) is 0 Å². The molecule has 2 aromatic heterocycles. The lowest BCUT2D eigenvalue weighted by Crippen LogP contribution is -2.25. The molecule has 5 heteroatoms. The molecule has 2 rings (SSSR count). The van der Waals surface area contributed by atoms with Crippen LogP contribution >= 0.6 is 0 Å². The predicted octanol–water partition coefficient (Wildman–Crippen LogP) is 1.79. The third-order valence-electron chi connectivity index (χ3n) is 2.80. The van der Waals surface area contributed by atoms with Gasteiger partial charge in [0.2, 0.25) is 0 Å². The second kappa shape index (κ2) is 5.95. The Morgan fingerprint density at radius 2 is 2.11 bits per heavy atom. The number of rotatable bonds is 5. The molecule has 0 saturated carbocycles. The molecule has 0 saturated heterocycles. The van der Waals surface area contributed by atoms with Crippen molar-refractivity contribution in [3.05, 3.63) is 54.0 Å². The van der Waals surface area contributed by atoms with E-state index in [4.69, 9.17) is 11.1 Å². The lowest BCUT2D eigenvalue weighted by atomic mass is 10.3. The Morgan fingerprint density at radius 3 is 2.74 bits per heavy atom. The normalized spacial score (nSPS) is 10.2. The summed E-state index contributed by atoms with van der Waals surface area (Å²) in [6.45, 7) is 3.56. The van der Waals surface area contributed by atoms with Crippen molar-refractivity contribution in [1.82, 2.24) is 9.97 Å². The van der Waals surface area contributed by atoms with Gasteiger partial charge in [-0.25, -0.2) is 4.98 Å². The number of nitrogens with zero attached hydrogens (tertiary/aromatic N) is 3. The zero-order chi connectivity index (χ0) is 13.7. The molecule has 2 aromatic rings. The van der Waals surface area contributed by atoms with Gasteiger partial charge in [0.15, 0.2) is 0 Å². The van der Waals surface area contributed by atoms with Gasteiger partial charge in [-0.2, -0.15) is 0 Å². The summed E-state index contributed by atoms with van der Waals surface area (Å²) in [5, 5.41) is 7.44. The molecule has 0 amide bonds. The molecule has 98 valence electrons. The molecule has 5 nitrogen and oxygen atoms in total. The third-order valence-corrected chi connectivity index (χ3v) is 2.80. The van der Waals surface area contributed by atoms with Gasteiger partial charge in [-0.05, 0) is 31.2 Å². The van der Waals surface area contributed by atoms with Crippen molar-refractivity contribution in [2.75, 3.05) is 11.4 Å². The summed E-state index contributed by atoms with van der Waals surface area (Å²) >= 11 is 0. The summed E-state index contributed by atoms with van der Waals surface area (Å²) in [5.41, 5.74) is 6.95. The minimum absolute atomic E-state index is 0.0178. The van der Waals surface area contributed by atoms with Crippen LogP contribution in [0.4, 0.5) is 5.82 Å². The number of nitrogen functional groups attached to an aromatic ring is 1. The number of hydrogen-bond donors (Lipinski definition) is 2. The number of pyridine rings is 2. The summed E-state index contributed by atoms with van der Waals surface area (Å²) in [4.78, 5) is 10.8. The first-order chi connectivity index (χ1) is 9.20. The second-order valence-electron chi connectivity index (χ2n) is 4.13. The smallest absolute Gasteiger partial charge is 0.141 e. The summed E-state index contributed by atoms with van der Waals surface area (Å²) in [6, 6.07) is 11.4. The van der Waals surface area contributed by atoms with Crippen LogP contribution < -0.4 is 10.6 Å². The van der Waals surface area contributed by atoms with E-state index in [1.54, 1.807) is 12.3 Å². The lowest BCUT2D eigenvalue weighted by Gasteiger charge is -2.21. The largest absolute Gasteiger partial charge is 0.382 e. The van der Waals surface area contributed by atoms with Crippen LogP contribution in [0.15, 0.2) is 42.6 Å². The average molecular weight is 255 g/mol. The molecular formula is C14H17N5. The van der Waals surface area contributed by atoms with Gasteiger partial charge in [0.25, 0.3) is 0 Å². The average Bonchev–Trinajstić information content (AvgIpc) is 2.46. The zero-order valence-electron chi connectivity index (χ0n) is 10.9. The van der Waals surface area contributed by atoms with E-state index in [1.165, 1.54) is 0 Å². The Labute approximate surface area is 112 Å². The Hall–Kier alpha value is -2.43. The van der Waals surface area contributed by atoms with Crippen LogP contribution in [-0.2, 0) is 6.54 Å². The fourth-order valence-electron chi connectivity index (χ4n) is 1.79. The van der Waals surface area contributed by atoms with Crippen molar-refractivity contribution < 1.29 is 0 Å². The van der Waals surface area contributed by atoms with E-state index in [1.807, 2.05) is 30.3 Å². The van der Waals surface area contributed by atoms with Crippen LogP contribution in [0.1, 0.15) is 18.3 Å². The first kappa shape index (κ1) is 13.0. The molecule has 0 atom stereocenters. The van der Waals surface area contributed by atoms with Crippen molar-refractivity contribution in [1.29, 1.82) is 5.41 Å². The number of aromatic nitrogens is 2. The van der Waals surface area contributed by atoms with Crippen LogP contribution in [0, 0.1) is 5.41 Å². The fraction of sp³-hybridized carbons (Fsp3) is 0.214. The van der Waals surface area contributed by atoms with E-state index in [2.05, 4.69) is 21.8 Å². The molecule has 0 aliphatic heterocycles. The van der Waals surface area contributed by atoms with Crippen molar-refractivity contribution in [2.45, 2.75) is 13.5 Å². The summed E-state index contributed by atoms with van der Waals surface area (Å²) in [7, 11) is 0. The Bertz CT molecular complexity index is 553. The SMILES string of the molecule is CCN(Cc1ccccn1)c1cccc(C(=N)N)n1. The van der Waals surface area contributed by atoms with E-state index >= 15 is 0 Å². The van der Waals surface area contributed by atoms with Crippen molar-refractivity contribution >= 4 is 11.7 Å². The molecule has 0 aromatic carbocycles. The number of amidine groups is 1. The summed E-state index contributed by atoms with van der Waals surface area (Å²) in [6.07, 6.45) is 1.78. The minimum Gasteiger partial charge on any atom is -0.382 e. The van der Waals surface area contributed by atoms with E-state index in [0.717, 1.165) is 18.1 Å².